The molecule has 2 aromatic heterocycles. The summed E-state index contributed by atoms with van der Waals surface area (Å²) in [6.07, 6.45) is 0. The number of carbonyl (C=O) groups excluding carboxylic acids is 2. The van der Waals surface area contributed by atoms with E-state index in [1.807, 2.05) is 55.5 Å². The molecule has 2 amide bonds. The third-order valence-corrected chi connectivity index (χ3v) is 5.43. The topological polar surface area (TPSA) is 102 Å². The molecule has 176 valence electrons. The number of furan rings is 1. The molecule has 0 spiro atoms. The van der Waals surface area contributed by atoms with Crippen LogP contribution >= 0.6 is 0 Å². The minimum absolute atomic E-state index is 0.101. The van der Waals surface area contributed by atoms with Gasteiger partial charge in [0.05, 0.1) is 12.1 Å². The second-order valence-corrected chi connectivity index (χ2v) is 7.97. The van der Waals surface area contributed by atoms with Crippen molar-refractivity contribution in [1.82, 2.24) is 20.3 Å². The van der Waals surface area contributed by atoms with Crippen molar-refractivity contribution >= 4 is 28.5 Å². The molecule has 0 aliphatic heterocycles. The van der Waals surface area contributed by atoms with Gasteiger partial charge in [-0.1, -0.05) is 35.0 Å². The van der Waals surface area contributed by atoms with Gasteiger partial charge in [-0.3, -0.25) is 14.5 Å². The van der Waals surface area contributed by atoms with Gasteiger partial charge in [-0.05, 0) is 50.2 Å². The number of nitrogens with one attached hydrogen (secondary N) is 1. The molecule has 0 aliphatic rings. The summed E-state index contributed by atoms with van der Waals surface area (Å²) in [5.74, 6) is 0.303. The number of carbonyl (C=O) groups is 2. The van der Waals surface area contributed by atoms with Crippen LogP contribution in [0, 0.1) is 13.8 Å². The van der Waals surface area contributed by atoms with Crippen LogP contribution in [0.1, 0.15) is 23.1 Å². The minimum atomic E-state index is -1.02. The van der Waals surface area contributed by atoms with Gasteiger partial charge in [0.25, 0.3) is 5.91 Å². The minimum Gasteiger partial charge on any atom is -0.464 e. The van der Waals surface area contributed by atoms with E-state index in [0.29, 0.717) is 35.9 Å². The average Bonchev–Trinajstić information content (AvgIpc) is 3.44. The number of benzene rings is 2. The number of aryl methyl sites for hydroxylation is 2. The molecule has 0 saturated carbocycles. The van der Waals surface area contributed by atoms with Crippen LogP contribution in [0.5, 0.6) is 0 Å². The highest BCUT2D eigenvalue weighted by Crippen LogP contribution is 2.30. The van der Waals surface area contributed by atoms with Crippen molar-refractivity contribution in [2.75, 3.05) is 25.2 Å². The van der Waals surface area contributed by atoms with Crippen molar-refractivity contribution < 1.29 is 18.7 Å². The molecule has 0 aliphatic carbocycles. The highest BCUT2D eigenvalue weighted by Gasteiger charge is 2.35. The molecular weight excluding hydrogens is 434 g/mol. The van der Waals surface area contributed by atoms with Crippen LogP contribution in [0.15, 0.2) is 65.1 Å². The predicted molar refractivity (Wildman–Crippen MR) is 127 cm³/mol. The number of hydrogen-bond donors (Lipinski definition) is 1. The number of ether oxygens (including phenoxy) is 1. The van der Waals surface area contributed by atoms with E-state index in [-0.39, 0.29) is 18.4 Å². The largest absolute Gasteiger partial charge is 0.464 e. The van der Waals surface area contributed by atoms with E-state index in [1.165, 1.54) is 9.58 Å². The van der Waals surface area contributed by atoms with Crippen LogP contribution in [-0.4, -0.2) is 47.1 Å². The Morgan fingerprint density at radius 3 is 2.56 bits per heavy atom. The zero-order chi connectivity index (χ0) is 24.1. The summed E-state index contributed by atoms with van der Waals surface area (Å²) in [6, 6.07) is 17.3. The second-order valence-electron chi connectivity index (χ2n) is 7.97. The van der Waals surface area contributed by atoms with E-state index in [0.717, 1.165) is 11.1 Å². The van der Waals surface area contributed by atoms with Crippen LogP contribution < -0.4 is 10.2 Å². The molecule has 0 fully saturated rings. The van der Waals surface area contributed by atoms with E-state index in [2.05, 4.69) is 15.6 Å². The number of para-hydroxylation sites is 1. The predicted octanol–water partition coefficient (Wildman–Crippen LogP) is 3.18. The first-order valence-corrected chi connectivity index (χ1v) is 11.0. The summed E-state index contributed by atoms with van der Waals surface area (Å²) in [5.41, 5.74) is 3.02. The molecular formula is C25H27N5O4. The first-order chi connectivity index (χ1) is 16.5. The molecule has 9 nitrogen and oxygen atoms in total. The van der Waals surface area contributed by atoms with Gasteiger partial charge in [0, 0.05) is 19.3 Å². The second kappa shape index (κ2) is 10.3. The number of methoxy groups -OCH3 is 1. The molecule has 1 atom stereocenters. The van der Waals surface area contributed by atoms with Crippen LogP contribution in [0.25, 0.3) is 11.0 Å². The Morgan fingerprint density at radius 1 is 1.09 bits per heavy atom. The highest BCUT2D eigenvalue weighted by molar-refractivity contribution is 6.01. The Kier molecular flexibility index (Phi) is 7.03. The Labute approximate surface area is 197 Å². The standard InChI is InChI=1S/C25H27N5O4/c1-17-8-11-19(12-9-17)30(23(31)16-29-21-7-5-4-6-20(21)27-28-29)24(22-13-10-18(2)34-22)25(32)26-14-15-33-3/h4-13,24H,14-16H2,1-3H3,(H,26,32). The maximum Gasteiger partial charge on any atom is 0.251 e. The van der Waals surface area contributed by atoms with Gasteiger partial charge in [-0.25, -0.2) is 4.68 Å². The Balaban J connectivity index is 1.75. The summed E-state index contributed by atoms with van der Waals surface area (Å²) in [7, 11) is 1.56. The lowest BCUT2D eigenvalue weighted by Gasteiger charge is -2.30. The molecule has 0 radical (unpaired) electrons. The van der Waals surface area contributed by atoms with Crippen LogP contribution in [0.4, 0.5) is 5.69 Å². The SMILES string of the molecule is COCCNC(=O)C(c1ccc(C)o1)N(C(=O)Cn1nnc2ccccc21)c1ccc(C)cc1. The zero-order valence-electron chi connectivity index (χ0n) is 19.4. The molecule has 0 saturated heterocycles. The van der Waals surface area contributed by atoms with E-state index >= 15 is 0 Å². The number of amides is 2. The van der Waals surface area contributed by atoms with Crippen molar-refractivity contribution in [3.63, 3.8) is 0 Å². The molecule has 4 aromatic rings. The number of nitrogens with zero attached hydrogens (tertiary/aromatic N) is 4. The monoisotopic (exact) mass is 461 g/mol. The summed E-state index contributed by atoms with van der Waals surface area (Å²) < 4.78 is 12.4. The normalized spacial score (nSPS) is 12.0. The zero-order valence-corrected chi connectivity index (χ0v) is 19.4. The average molecular weight is 462 g/mol. The maximum absolute atomic E-state index is 13.8. The third kappa shape index (κ3) is 4.99. The highest BCUT2D eigenvalue weighted by atomic mass is 16.5. The van der Waals surface area contributed by atoms with Crippen LogP contribution in [-0.2, 0) is 20.9 Å². The molecule has 1 unspecified atom stereocenters. The molecule has 0 bridgehead atoms. The fourth-order valence-corrected chi connectivity index (χ4v) is 3.73. The van der Waals surface area contributed by atoms with Crippen molar-refractivity contribution in [3.8, 4) is 0 Å². The summed E-state index contributed by atoms with van der Waals surface area (Å²) in [6.45, 7) is 4.30. The molecule has 2 heterocycles. The third-order valence-electron chi connectivity index (χ3n) is 5.43. The van der Waals surface area contributed by atoms with Crippen LogP contribution in [0.3, 0.4) is 0 Å². The van der Waals surface area contributed by atoms with Gasteiger partial charge in [0.15, 0.2) is 6.04 Å². The lowest BCUT2D eigenvalue weighted by atomic mass is 10.1. The van der Waals surface area contributed by atoms with Crippen molar-refractivity contribution in [2.24, 2.45) is 0 Å². The summed E-state index contributed by atoms with van der Waals surface area (Å²) in [4.78, 5) is 28.6. The first kappa shape index (κ1) is 23.2. The Hall–Kier alpha value is -3.98. The van der Waals surface area contributed by atoms with Gasteiger partial charge in [-0.15, -0.1) is 5.10 Å². The summed E-state index contributed by atoms with van der Waals surface area (Å²) in [5, 5.41) is 11.1. The van der Waals surface area contributed by atoms with Crippen molar-refractivity contribution in [2.45, 2.75) is 26.4 Å². The number of rotatable bonds is 9. The van der Waals surface area contributed by atoms with Gasteiger partial charge in [0.1, 0.15) is 23.6 Å². The van der Waals surface area contributed by atoms with E-state index in [9.17, 15) is 9.59 Å². The molecule has 34 heavy (non-hydrogen) atoms. The van der Waals surface area contributed by atoms with E-state index in [1.54, 1.807) is 26.2 Å². The van der Waals surface area contributed by atoms with E-state index < -0.39 is 6.04 Å². The van der Waals surface area contributed by atoms with Gasteiger partial charge < -0.3 is 14.5 Å². The lowest BCUT2D eigenvalue weighted by molar-refractivity contribution is -0.127. The van der Waals surface area contributed by atoms with Crippen LogP contribution in [0.2, 0.25) is 0 Å². The fourth-order valence-electron chi connectivity index (χ4n) is 3.73. The molecule has 1 N–H and O–H groups in total. The quantitative estimate of drug-likeness (QED) is 0.384. The number of hydrogen-bond acceptors (Lipinski definition) is 6. The van der Waals surface area contributed by atoms with Gasteiger partial charge in [0.2, 0.25) is 5.91 Å². The van der Waals surface area contributed by atoms with Crippen molar-refractivity contribution in [3.05, 3.63) is 77.7 Å². The van der Waals surface area contributed by atoms with Gasteiger partial charge >= 0.3 is 0 Å². The molecule has 2 aromatic carbocycles. The van der Waals surface area contributed by atoms with Gasteiger partial charge in [-0.2, -0.15) is 0 Å². The lowest BCUT2D eigenvalue weighted by Crippen LogP contribution is -2.45. The molecule has 9 heteroatoms. The first-order valence-electron chi connectivity index (χ1n) is 11.0. The number of anilines is 1. The fraction of sp³-hybridized carbons (Fsp3) is 0.280. The Morgan fingerprint density at radius 2 is 1.85 bits per heavy atom. The smallest absolute Gasteiger partial charge is 0.251 e. The molecule has 4 rings (SSSR count). The number of fused-ring (bicyclic) bond motifs is 1. The summed E-state index contributed by atoms with van der Waals surface area (Å²) >= 11 is 0. The van der Waals surface area contributed by atoms with Crippen molar-refractivity contribution in [1.29, 1.82) is 0 Å². The maximum atomic E-state index is 13.8. The Bertz CT molecular complexity index is 1280. The van der Waals surface area contributed by atoms with E-state index in [4.69, 9.17) is 9.15 Å². The number of aromatic nitrogens is 3.